The molecule has 0 saturated heterocycles. The van der Waals surface area contributed by atoms with E-state index in [0.717, 1.165) is 6.42 Å². The lowest BCUT2D eigenvalue weighted by atomic mass is 10.1. The SMILES string of the molecule is CC(OCC1Cc2ccccc2S1)C(=O)O. The van der Waals surface area contributed by atoms with Gasteiger partial charge in [-0.2, -0.15) is 0 Å². The van der Waals surface area contributed by atoms with Crippen molar-refractivity contribution in [2.45, 2.75) is 29.6 Å². The van der Waals surface area contributed by atoms with Crippen molar-refractivity contribution in [3.63, 3.8) is 0 Å². The summed E-state index contributed by atoms with van der Waals surface area (Å²) >= 11 is 1.77. The zero-order valence-corrected chi connectivity index (χ0v) is 9.87. The highest BCUT2D eigenvalue weighted by atomic mass is 32.2. The number of fused-ring (bicyclic) bond motifs is 1. The first-order valence-electron chi connectivity index (χ1n) is 5.26. The zero-order valence-electron chi connectivity index (χ0n) is 9.05. The van der Waals surface area contributed by atoms with Gasteiger partial charge in [0.2, 0.25) is 0 Å². The van der Waals surface area contributed by atoms with Gasteiger partial charge in [-0.3, -0.25) is 0 Å². The topological polar surface area (TPSA) is 46.5 Å². The summed E-state index contributed by atoms with van der Waals surface area (Å²) in [7, 11) is 0. The molecular weight excluding hydrogens is 224 g/mol. The van der Waals surface area contributed by atoms with Crippen LogP contribution in [0.15, 0.2) is 29.2 Å². The smallest absolute Gasteiger partial charge is 0.332 e. The molecule has 0 spiro atoms. The van der Waals surface area contributed by atoms with Crippen LogP contribution in [0.2, 0.25) is 0 Å². The van der Waals surface area contributed by atoms with Crippen LogP contribution in [0.3, 0.4) is 0 Å². The number of carboxylic acid groups (broad SMARTS) is 1. The molecule has 1 aromatic carbocycles. The van der Waals surface area contributed by atoms with Crippen molar-refractivity contribution >= 4 is 17.7 Å². The molecule has 2 rings (SSSR count). The third-order valence-corrected chi connectivity index (χ3v) is 3.88. The van der Waals surface area contributed by atoms with Gasteiger partial charge in [0.05, 0.1) is 6.61 Å². The molecule has 2 atom stereocenters. The van der Waals surface area contributed by atoms with E-state index in [2.05, 4.69) is 12.1 Å². The maximum Gasteiger partial charge on any atom is 0.332 e. The molecule has 0 fully saturated rings. The Balaban J connectivity index is 1.86. The quantitative estimate of drug-likeness (QED) is 0.873. The molecule has 4 heteroatoms. The number of hydrogen-bond donors (Lipinski definition) is 1. The molecule has 2 unspecified atom stereocenters. The minimum Gasteiger partial charge on any atom is -0.479 e. The van der Waals surface area contributed by atoms with Gasteiger partial charge in [-0.1, -0.05) is 18.2 Å². The van der Waals surface area contributed by atoms with Crippen LogP contribution in [0, 0.1) is 0 Å². The third-order valence-electron chi connectivity index (χ3n) is 2.59. The molecule has 86 valence electrons. The van der Waals surface area contributed by atoms with Gasteiger partial charge in [0.1, 0.15) is 0 Å². The van der Waals surface area contributed by atoms with E-state index in [1.54, 1.807) is 18.7 Å². The van der Waals surface area contributed by atoms with Gasteiger partial charge in [-0.05, 0) is 25.0 Å². The lowest BCUT2D eigenvalue weighted by Gasteiger charge is -2.12. The predicted octanol–water partition coefficient (Wildman–Crippen LogP) is 2.19. The summed E-state index contributed by atoms with van der Waals surface area (Å²) in [4.78, 5) is 11.9. The first-order valence-corrected chi connectivity index (χ1v) is 6.14. The molecule has 0 amide bonds. The van der Waals surface area contributed by atoms with Crippen molar-refractivity contribution in [1.82, 2.24) is 0 Å². The van der Waals surface area contributed by atoms with E-state index in [1.165, 1.54) is 10.5 Å². The zero-order chi connectivity index (χ0) is 11.5. The van der Waals surface area contributed by atoms with Crippen LogP contribution >= 0.6 is 11.8 Å². The van der Waals surface area contributed by atoms with Crippen molar-refractivity contribution in [1.29, 1.82) is 0 Å². The van der Waals surface area contributed by atoms with E-state index in [1.807, 2.05) is 12.1 Å². The average molecular weight is 238 g/mol. The van der Waals surface area contributed by atoms with E-state index >= 15 is 0 Å². The summed E-state index contributed by atoms with van der Waals surface area (Å²) in [6.45, 7) is 2.06. The highest BCUT2D eigenvalue weighted by Gasteiger charge is 2.23. The monoisotopic (exact) mass is 238 g/mol. The van der Waals surface area contributed by atoms with Crippen molar-refractivity contribution in [3.05, 3.63) is 29.8 Å². The second-order valence-corrected chi connectivity index (χ2v) is 5.21. The fraction of sp³-hybridized carbons (Fsp3) is 0.417. The lowest BCUT2D eigenvalue weighted by Crippen LogP contribution is -2.24. The van der Waals surface area contributed by atoms with Crippen LogP contribution in [-0.4, -0.2) is 29.0 Å². The number of ether oxygens (including phenoxy) is 1. The van der Waals surface area contributed by atoms with E-state index < -0.39 is 12.1 Å². The number of thioether (sulfide) groups is 1. The third kappa shape index (κ3) is 2.57. The highest BCUT2D eigenvalue weighted by Crippen LogP contribution is 2.36. The molecular formula is C12H14O3S. The predicted molar refractivity (Wildman–Crippen MR) is 62.8 cm³/mol. The van der Waals surface area contributed by atoms with Crippen molar-refractivity contribution in [2.75, 3.05) is 6.61 Å². The summed E-state index contributed by atoms with van der Waals surface area (Å²) in [5, 5.41) is 9.04. The van der Waals surface area contributed by atoms with Crippen LogP contribution in [0.5, 0.6) is 0 Å². The second-order valence-electron chi connectivity index (χ2n) is 3.87. The molecule has 1 aliphatic rings. The molecule has 0 radical (unpaired) electrons. The van der Waals surface area contributed by atoms with Gasteiger partial charge < -0.3 is 9.84 Å². The number of rotatable bonds is 4. The molecule has 0 aliphatic carbocycles. The Morgan fingerprint density at radius 2 is 2.38 bits per heavy atom. The largest absolute Gasteiger partial charge is 0.479 e. The van der Waals surface area contributed by atoms with Gasteiger partial charge in [-0.15, -0.1) is 11.8 Å². The van der Waals surface area contributed by atoms with Crippen LogP contribution in [0.4, 0.5) is 0 Å². The summed E-state index contributed by atoms with van der Waals surface area (Å²) in [5.74, 6) is -0.902. The van der Waals surface area contributed by atoms with Gasteiger partial charge in [0.15, 0.2) is 6.10 Å². The molecule has 0 bridgehead atoms. The number of aliphatic carboxylic acids is 1. The Hall–Kier alpha value is -1.00. The van der Waals surface area contributed by atoms with E-state index in [9.17, 15) is 4.79 Å². The van der Waals surface area contributed by atoms with Crippen molar-refractivity contribution < 1.29 is 14.6 Å². The van der Waals surface area contributed by atoms with Crippen molar-refractivity contribution in [3.8, 4) is 0 Å². The second kappa shape index (κ2) is 4.89. The summed E-state index contributed by atoms with van der Waals surface area (Å²) < 4.78 is 5.30. The lowest BCUT2D eigenvalue weighted by molar-refractivity contribution is -0.149. The molecule has 1 aliphatic heterocycles. The van der Waals surface area contributed by atoms with E-state index in [-0.39, 0.29) is 0 Å². The fourth-order valence-corrected chi connectivity index (χ4v) is 2.90. The molecule has 3 nitrogen and oxygen atoms in total. The molecule has 1 heterocycles. The molecule has 0 saturated carbocycles. The van der Waals surface area contributed by atoms with Gasteiger partial charge >= 0.3 is 5.97 Å². The van der Waals surface area contributed by atoms with Crippen molar-refractivity contribution in [2.24, 2.45) is 0 Å². The number of benzene rings is 1. The molecule has 1 N–H and O–H groups in total. The van der Waals surface area contributed by atoms with Crippen LogP contribution in [0.25, 0.3) is 0 Å². The molecule has 0 aromatic heterocycles. The molecule has 1 aromatic rings. The van der Waals surface area contributed by atoms with E-state index in [0.29, 0.717) is 11.9 Å². The maximum atomic E-state index is 10.6. The minimum atomic E-state index is -0.902. The van der Waals surface area contributed by atoms with Gasteiger partial charge in [0, 0.05) is 10.1 Å². The number of hydrogen-bond acceptors (Lipinski definition) is 3. The fourth-order valence-electron chi connectivity index (χ4n) is 1.67. The summed E-state index contributed by atoms with van der Waals surface area (Å²) in [6, 6.07) is 8.26. The van der Waals surface area contributed by atoms with E-state index in [4.69, 9.17) is 9.84 Å². The van der Waals surface area contributed by atoms with Crippen LogP contribution < -0.4 is 0 Å². The first-order chi connectivity index (χ1) is 7.66. The number of carbonyl (C=O) groups is 1. The Morgan fingerprint density at radius 3 is 3.06 bits per heavy atom. The molecule has 16 heavy (non-hydrogen) atoms. The van der Waals surface area contributed by atoms with Crippen LogP contribution in [-0.2, 0) is 16.0 Å². The first kappa shape index (κ1) is 11.5. The Labute approximate surface area is 98.8 Å². The minimum absolute atomic E-state index is 0.346. The standard InChI is InChI=1S/C12H14O3S/c1-8(12(13)14)15-7-10-6-9-4-2-3-5-11(9)16-10/h2-5,8,10H,6-7H2,1H3,(H,13,14). The summed E-state index contributed by atoms with van der Waals surface area (Å²) in [6.07, 6.45) is 0.247. The Kier molecular flexibility index (Phi) is 3.51. The average Bonchev–Trinajstić information content (AvgIpc) is 2.68. The Morgan fingerprint density at radius 1 is 1.62 bits per heavy atom. The van der Waals surface area contributed by atoms with Crippen LogP contribution in [0.1, 0.15) is 12.5 Å². The van der Waals surface area contributed by atoms with Gasteiger partial charge in [-0.25, -0.2) is 4.79 Å². The summed E-state index contributed by atoms with van der Waals surface area (Å²) in [5.41, 5.74) is 1.34. The normalized spacial score (nSPS) is 20.4. The highest BCUT2D eigenvalue weighted by molar-refractivity contribution is 8.00. The maximum absolute atomic E-state index is 10.6. The Bertz CT molecular complexity index is 367. The number of carboxylic acids is 1. The van der Waals surface area contributed by atoms with Gasteiger partial charge in [0.25, 0.3) is 0 Å².